The Morgan fingerprint density at radius 3 is 2.94 bits per heavy atom. The van der Waals surface area contributed by atoms with E-state index in [9.17, 15) is 0 Å². The van der Waals surface area contributed by atoms with Gasteiger partial charge in [0.05, 0.1) is 8.81 Å². The first-order valence-corrected chi connectivity index (χ1v) is 7.16. The maximum Gasteiger partial charge on any atom is 0.161 e. The summed E-state index contributed by atoms with van der Waals surface area (Å²) in [5, 5.41) is 11.4. The van der Waals surface area contributed by atoms with Crippen molar-refractivity contribution in [1.82, 2.24) is 4.98 Å². The van der Waals surface area contributed by atoms with Crippen LogP contribution in [-0.2, 0) is 6.54 Å². The van der Waals surface area contributed by atoms with Gasteiger partial charge in [-0.15, -0.1) is 11.3 Å². The molecule has 2 rings (SSSR count). The number of halogens is 2. The highest BCUT2D eigenvalue weighted by atomic mass is 79.9. The number of pyridine rings is 1. The highest BCUT2D eigenvalue weighted by molar-refractivity contribution is 9.11. The molecule has 3 nitrogen and oxygen atoms in total. The van der Waals surface area contributed by atoms with Crippen LogP contribution in [0.3, 0.4) is 0 Å². The van der Waals surface area contributed by atoms with E-state index in [-0.39, 0.29) is 5.69 Å². The summed E-state index contributed by atoms with van der Waals surface area (Å²) in [6.07, 6.45) is 0. The van der Waals surface area contributed by atoms with Crippen molar-refractivity contribution in [3.8, 4) is 6.07 Å². The molecule has 0 spiro atoms. The van der Waals surface area contributed by atoms with E-state index in [4.69, 9.17) is 16.9 Å². The van der Waals surface area contributed by atoms with Gasteiger partial charge in [0.2, 0.25) is 0 Å². The van der Waals surface area contributed by atoms with Gasteiger partial charge in [-0.25, -0.2) is 4.98 Å². The molecule has 0 unspecified atom stereocenters. The van der Waals surface area contributed by atoms with Crippen LogP contribution in [0.4, 0.5) is 5.82 Å². The van der Waals surface area contributed by atoms with Gasteiger partial charge in [0.15, 0.2) is 5.69 Å². The predicted molar refractivity (Wildman–Crippen MR) is 78.1 cm³/mol. The first-order chi connectivity index (χ1) is 8.60. The van der Waals surface area contributed by atoms with Crippen molar-refractivity contribution in [3.63, 3.8) is 0 Å². The molecule has 0 radical (unpaired) electrons. The summed E-state index contributed by atoms with van der Waals surface area (Å²) < 4.78 is 1.10. The molecule has 0 aliphatic carbocycles. The van der Waals surface area contributed by atoms with Crippen molar-refractivity contribution in [2.24, 2.45) is 0 Å². The van der Waals surface area contributed by atoms with Crippen molar-refractivity contribution >= 4 is 44.7 Å². The summed E-state index contributed by atoms with van der Waals surface area (Å²) in [4.78, 5) is 6.20. The highest BCUT2D eigenvalue weighted by Crippen LogP contribution is 2.23. The van der Waals surface area contributed by atoms with Gasteiger partial charge in [-0.1, -0.05) is 11.6 Å². The van der Waals surface area contributed by atoms with E-state index in [1.165, 1.54) is 5.56 Å². The van der Waals surface area contributed by atoms with Crippen LogP contribution in [0.5, 0.6) is 0 Å². The number of hydrogen-bond acceptors (Lipinski definition) is 4. The molecule has 0 aliphatic heterocycles. The topological polar surface area (TPSA) is 39.9 Å². The minimum Gasteiger partial charge on any atom is -0.355 e. The minimum atomic E-state index is 0.257. The average Bonchev–Trinajstić information content (AvgIpc) is 2.75. The summed E-state index contributed by atoms with van der Waals surface area (Å²) >= 11 is 10.9. The first kappa shape index (κ1) is 13.3. The molecule has 2 aromatic rings. The summed E-state index contributed by atoms with van der Waals surface area (Å²) in [6, 6.07) is 7.56. The molecule has 18 heavy (non-hydrogen) atoms. The third-order valence-corrected chi connectivity index (χ3v) is 4.23. The van der Waals surface area contributed by atoms with Crippen molar-refractivity contribution in [3.05, 3.63) is 43.6 Å². The van der Waals surface area contributed by atoms with Gasteiger partial charge in [0.25, 0.3) is 0 Å². The lowest BCUT2D eigenvalue weighted by Crippen LogP contribution is -2.17. The van der Waals surface area contributed by atoms with Crippen LogP contribution in [0.2, 0.25) is 5.02 Å². The van der Waals surface area contributed by atoms with Crippen LogP contribution in [0, 0.1) is 11.3 Å². The zero-order valence-corrected chi connectivity index (χ0v) is 12.7. The van der Waals surface area contributed by atoms with Crippen LogP contribution < -0.4 is 4.90 Å². The Kier molecular flexibility index (Phi) is 4.23. The molecule has 0 bridgehead atoms. The number of nitriles is 1. The van der Waals surface area contributed by atoms with Crippen molar-refractivity contribution in [1.29, 1.82) is 5.26 Å². The van der Waals surface area contributed by atoms with Gasteiger partial charge in [0, 0.05) is 13.6 Å². The lowest BCUT2D eigenvalue weighted by Gasteiger charge is -2.17. The second-order valence-electron chi connectivity index (χ2n) is 3.73. The summed E-state index contributed by atoms with van der Waals surface area (Å²) in [6.45, 7) is 0.738. The van der Waals surface area contributed by atoms with E-state index >= 15 is 0 Å². The molecule has 6 heteroatoms. The summed E-state index contributed by atoms with van der Waals surface area (Å²) in [5.41, 5.74) is 1.46. The molecular formula is C12H9BrClN3S. The third-order valence-electron chi connectivity index (χ3n) is 2.37. The molecule has 0 fully saturated rings. The van der Waals surface area contributed by atoms with Crippen LogP contribution in [0.1, 0.15) is 11.3 Å². The van der Waals surface area contributed by atoms with Gasteiger partial charge < -0.3 is 4.90 Å². The van der Waals surface area contributed by atoms with Crippen LogP contribution >= 0.6 is 38.9 Å². The monoisotopic (exact) mass is 341 g/mol. The van der Waals surface area contributed by atoms with Gasteiger partial charge in [-0.2, -0.15) is 5.26 Å². The number of aromatic nitrogens is 1. The number of anilines is 1. The standard InChI is InChI=1S/C12H9BrClN3S/c1-17(6-8-4-11(13)18-7-8)12-3-2-9(14)10(5-15)16-12/h2-4,7H,6H2,1H3. The van der Waals surface area contributed by atoms with Crippen molar-refractivity contribution in [2.75, 3.05) is 11.9 Å². The van der Waals surface area contributed by atoms with Gasteiger partial charge in [-0.3, -0.25) is 0 Å². The number of nitrogens with zero attached hydrogens (tertiary/aromatic N) is 3. The average molecular weight is 343 g/mol. The third kappa shape index (κ3) is 3.02. The largest absolute Gasteiger partial charge is 0.355 e. The SMILES string of the molecule is CN(Cc1csc(Br)c1)c1ccc(Cl)c(C#N)n1. The van der Waals surface area contributed by atoms with Crippen LogP contribution in [0.15, 0.2) is 27.4 Å². The van der Waals surface area contributed by atoms with Crippen molar-refractivity contribution < 1.29 is 0 Å². The van der Waals surface area contributed by atoms with E-state index in [1.807, 2.05) is 24.1 Å². The molecule has 2 heterocycles. The van der Waals surface area contributed by atoms with Gasteiger partial charge in [-0.05, 0) is 45.1 Å². The lowest BCUT2D eigenvalue weighted by atomic mass is 10.3. The molecule has 0 saturated carbocycles. The van der Waals surface area contributed by atoms with E-state index in [0.29, 0.717) is 5.02 Å². The van der Waals surface area contributed by atoms with Crippen LogP contribution in [0.25, 0.3) is 0 Å². The maximum absolute atomic E-state index is 8.90. The fourth-order valence-electron chi connectivity index (χ4n) is 1.51. The second-order valence-corrected chi connectivity index (χ2v) is 6.42. The van der Waals surface area contributed by atoms with E-state index in [1.54, 1.807) is 17.4 Å². The Morgan fingerprint density at radius 1 is 1.56 bits per heavy atom. The van der Waals surface area contributed by atoms with E-state index in [2.05, 4.69) is 32.4 Å². The van der Waals surface area contributed by atoms with E-state index in [0.717, 1.165) is 16.1 Å². The summed E-state index contributed by atoms with van der Waals surface area (Å²) in [5.74, 6) is 0.735. The molecule has 92 valence electrons. The number of rotatable bonds is 3. The molecule has 0 saturated heterocycles. The Hall–Kier alpha value is -1.09. The number of thiophene rings is 1. The predicted octanol–water partition coefficient (Wildman–Crippen LogP) is 4.07. The van der Waals surface area contributed by atoms with Crippen LogP contribution in [-0.4, -0.2) is 12.0 Å². The minimum absolute atomic E-state index is 0.257. The summed E-state index contributed by atoms with van der Waals surface area (Å²) in [7, 11) is 1.93. The zero-order chi connectivity index (χ0) is 13.1. The fraction of sp³-hybridized carbons (Fsp3) is 0.167. The fourth-order valence-corrected chi connectivity index (χ4v) is 2.85. The Morgan fingerprint density at radius 2 is 2.33 bits per heavy atom. The number of hydrogen-bond donors (Lipinski definition) is 0. The van der Waals surface area contributed by atoms with E-state index < -0.39 is 0 Å². The molecule has 0 aliphatic rings. The Bertz CT molecular complexity index is 606. The van der Waals surface area contributed by atoms with Gasteiger partial charge >= 0.3 is 0 Å². The zero-order valence-electron chi connectivity index (χ0n) is 9.52. The van der Waals surface area contributed by atoms with Gasteiger partial charge in [0.1, 0.15) is 11.9 Å². The Labute approximate surface area is 123 Å². The normalized spacial score (nSPS) is 10.1. The quantitative estimate of drug-likeness (QED) is 0.844. The molecule has 0 amide bonds. The molecule has 0 atom stereocenters. The highest BCUT2D eigenvalue weighted by Gasteiger charge is 2.08. The molecular weight excluding hydrogens is 334 g/mol. The van der Waals surface area contributed by atoms with Crippen molar-refractivity contribution in [2.45, 2.75) is 6.54 Å². The molecule has 0 N–H and O–H groups in total. The molecule has 0 aromatic carbocycles. The lowest BCUT2D eigenvalue weighted by molar-refractivity contribution is 0.899. The first-order valence-electron chi connectivity index (χ1n) is 5.11. The molecule has 2 aromatic heterocycles. The smallest absolute Gasteiger partial charge is 0.161 e. The second kappa shape index (κ2) is 5.70. The Balaban J connectivity index is 2.19. The maximum atomic E-state index is 8.90.